The molecule has 2 aliphatic heterocycles. The van der Waals surface area contributed by atoms with E-state index in [4.69, 9.17) is 4.98 Å². The largest absolute Gasteiger partial charge is 0.342 e. The number of aromatic nitrogens is 1. The normalized spacial score (nSPS) is 17.8. The molecule has 31 heavy (non-hydrogen) atoms. The number of pyridine rings is 1. The molecule has 2 fully saturated rings. The first-order chi connectivity index (χ1) is 15.2. The fraction of sp³-hybridized carbons (Fsp3) is 0.400. The number of fused-ring (bicyclic) bond motifs is 1. The van der Waals surface area contributed by atoms with Gasteiger partial charge in [0.15, 0.2) is 0 Å². The topological polar surface area (TPSA) is 53.5 Å². The molecular formula is C25H27N3O2S. The molecule has 0 saturated carbocycles. The molecule has 5 rings (SSSR count). The Labute approximate surface area is 186 Å². The SMILES string of the molecule is O=C(c1cc(-c2cccs2)nc2ccccc12)N1CCC(C(=O)N2CCCCC2)CC1. The lowest BCUT2D eigenvalue weighted by Crippen LogP contribution is -2.45. The monoisotopic (exact) mass is 433 g/mol. The number of thiophene rings is 1. The minimum atomic E-state index is 0.0419. The van der Waals surface area contributed by atoms with Gasteiger partial charge in [0.05, 0.1) is 21.7 Å². The molecule has 3 aromatic rings. The number of rotatable bonds is 3. The summed E-state index contributed by atoms with van der Waals surface area (Å²) in [5, 5.41) is 2.91. The summed E-state index contributed by atoms with van der Waals surface area (Å²) in [6.07, 6.45) is 4.96. The standard InChI is InChI=1S/C25H27N3O2S/c29-24(27-12-4-1-5-13-27)18-10-14-28(15-11-18)25(30)20-17-22(23-9-6-16-31-23)26-21-8-3-2-7-19(20)21/h2-3,6-9,16-18H,1,4-5,10-15H2. The van der Waals surface area contributed by atoms with Gasteiger partial charge in [-0.15, -0.1) is 11.3 Å². The minimum Gasteiger partial charge on any atom is -0.342 e. The van der Waals surface area contributed by atoms with Crippen molar-refractivity contribution in [3.8, 4) is 10.6 Å². The van der Waals surface area contributed by atoms with Crippen LogP contribution in [0.3, 0.4) is 0 Å². The van der Waals surface area contributed by atoms with E-state index in [1.54, 1.807) is 11.3 Å². The predicted octanol–water partition coefficient (Wildman–Crippen LogP) is 4.83. The number of carbonyl (C=O) groups excluding carboxylic acids is 2. The Kier molecular flexibility index (Phi) is 5.72. The van der Waals surface area contributed by atoms with Crippen molar-refractivity contribution < 1.29 is 9.59 Å². The highest BCUT2D eigenvalue weighted by molar-refractivity contribution is 7.13. The summed E-state index contributed by atoms with van der Waals surface area (Å²) in [7, 11) is 0. The first kappa shape index (κ1) is 20.2. The fourth-order valence-electron chi connectivity index (χ4n) is 4.78. The number of amides is 2. The van der Waals surface area contributed by atoms with Gasteiger partial charge in [-0.1, -0.05) is 24.3 Å². The van der Waals surface area contributed by atoms with E-state index in [-0.39, 0.29) is 11.8 Å². The van der Waals surface area contributed by atoms with Crippen LogP contribution in [-0.2, 0) is 4.79 Å². The Morgan fingerprint density at radius 3 is 2.42 bits per heavy atom. The van der Waals surface area contributed by atoms with Crippen molar-refractivity contribution >= 4 is 34.1 Å². The van der Waals surface area contributed by atoms with Crippen LogP contribution in [0, 0.1) is 5.92 Å². The molecule has 0 N–H and O–H groups in total. The van der Waals surface area contributed by atoms with Gasteiger partial charge in [-0.3, -0.25) is 9.59 Å². The number of hydrogen-bond acceptors (Lipinski definition) is 4. The van der Waals surface area contributed by atoms with Crippen LogP contribution in [0.25, 0.3) is 21.5 Å². The van der Waals surface area contributed by atoms with Crippen LogP contribution in [0.4, 0.5) is 0 Å². The zero-order chi connectivity index (χ0) is 21.2. The molecule has 0 bridgehead atoms. The first-order valence-corrected chi connectivity index (χ1v) is 12.1. The summed E-state index contributed by atoms with van der Waals surface area (Å²) in [4.78, 5) is 36.2. The van der Waals surface area contributed by atoms with Gasteiger partial charge < -0.3 is 9.80 Å². The molecule has 0 aliphatic carbocycles. The molecular weight excluding hydrogens is 406 g/mol. The van der Waals surface area contributed by atoms with E-state index in [1.165, 1.54) is 6.42 Å². The van der Waals surface area contributed by atoms with Gasteiger partial charge in [-0.2, -0.15) is 0 Å². The van der Waals surface area contributed by atoms with Crippen LogP contribution < -0.4 is 0 Å². The van der Waals surface area contributed by atoms with E-state index in [0.717, 1.165) is 60.2 Å². The van der Waals surface area contributed by atoms with Gasteiger partial charge in [0.1, 0.15) is 0 Å². The molecule has 6 heteroatoms. The third-order valence-electron chi connectivity index (χ3n) is 6.52. The zero-order valence-corrected chi connectivity index (χ0v) is 18.4. The molecule has 0 spiro atoms. The third-order valence-corrected chi connectivity index (χ3v) is 7.41. The molecule has 0 atom stereocenters. The molecule has 2 saturated heterocycles. The van der Waals surface area contributed by atoms with E-state index < -0.39 is 0 Å². The second-order valence-electron chi connectivity index (χ2n) is 8.50. The highest BCUT2D eigenvalue weighted by Gasteiger charge is 2.31. The summed E-state index contributed by atoms with van der Waals surface area (Å²) in [5.41, 5.74) is 2.38. The predicted molar refractivity (Wildman–Crippen MR) is 124 cm³/mol. The van der Waals surface area contributed by atoms with Crippen molar-refractivity contribution in [3.05, 3.63) is 53.4 Å². The number of likely N-dealkylation sites (tertiary alicyclic amines) is 2. The smallest absolute Gasteiger partial charge is 0.254 e. The molecule has 0 radical (unpaired) electrons. The van der Waals surface area contributed by atoms with E-state index in [2.05, 4.69) is 0 Å². The van der Waals surface area contributed by atoms with Crippen LogP contribution in [0.15, 0.2) is 47.8 Å². The van der Waals surface area contributed by atoms with Crippen LogP contribution >= 0.6 is 11.3 Å². The Morgan fingerprint density at radius 1 is 0.903 bits per heavy atom. The average Bonchev–Trinajstić information content (AvgIpc) is 3.38. The van der Waals surface area contributed by atoms with Gasteiger partial charge in [0.25, 0.3) is 5.91 Å². The van der Waals surface area contributed by atoms with Crippen molar-refractivity contribution in [2.24, 2.45) is 5.92 Å². The molecule has 0 unspecified atom stereocenters. The number of piperidine rings is 2. The summed E-state index contributed by atoms with van der Waals surface area (Å²) < 4.78 is 0. The molecule has 2 aliphatic rings. The van der Waals surface area contributed by atoms with Crippen molar-refractivity contribution in [3.63, 3.8) is 0 Å². The molecule has 4 heterocycles. The summed E-state index contributed by atoms with van der Waals surface area (Å²) in [5.74, 6) is 0.388. The van der Waals surface area contributed by atoms with Crippen molar-refractivity contribution in [1.29, 1.82) is 0 Å². The van der Waals surface area contributed by atoms with Gasteiger partial charge >= 0.3 is 0 Å². The average molecular weight is 434 g/mol. The maximum Gasteiger partial charge on any atom is 0.254 e. The molecule has 2 aromatic heterocycles. The number of hydrogen-bond donors (Lipinski definition) is 0. The van der Waals surface area contributed by atoms with Crippen LogP contribution in [-0.4, -0.2) is 52.8 Å². The summed E-state index contributed by atoms with van der Waals surface area (Å²) in [6.45, 7) is 3.06. The van der Waals surface area contributed by atoms with Crippen LogP contribution in [0.2, 0.25) is 0 Å². The minimum absolute atomic E-state index is 0.0419. The lowest BCUT2D eigenvalue weighted by atomic mass is 9.93. The maximum atomic E-state index is 13.5. The van der Waals surface area contributed by atoms with E-state index >= 15 is 0 Å². The maximum absolute atomic E-state index is 13.5. The molecule has 160 valence electrons. The molecule has 1 aromatic carbocycles. The second kappa shape index (κ2) is 8.79. The molecule has 5 nitrogen and oxygen atoms in total. The summed E-state index contributed by atoms with van der Waals surface area (Å²) in [6, 6.07) is 13.8. The quantitative estimate of drug-likeness (QED) is 0.595. The van der Waals surface area contributed by atoms with Crippen molar-refractivity contribution in [2.45, 2.75) is 32.1 Å². The van der Waals surface area contributed by atoms with E-state index in [1.807, 2.05) is 57.6 Å². The van der Waals surface area contributed by atoms with Gasteiger partial charge in [-0.05, 0) is 55.7 Å². The molecule has 2 amide bonds. The zero-order valence-electron chi connectivity index (χ0n) is 17.6. The van der Waals surface area contributed by atoms with Crippen molar-refractivity contribution in [2.75, 3.05) is 26.2 Å². The summed E-state index contributed by atoms with van der Waals surface area (Å²) >= 11 is 1.63. The highest BCUT2D eigenvalue weighted by Crippen LogP contribution is 2.30. The number of benzene rings is 1. The lowest BCUT2D eigenvalue weighted by molar-refractivity contribution is -0.137. The Balaban J connectivity index is 1.35. The number of carbonyl (C=O) groups is 2. The van der Waals surface area contributed by atoms with Crippen LogP contribution in [0.5, 0.6) is 0 Å². The number of para-hydroxylation sites is 1. The lowest BCUT2D eigenvalue weighted by Gasteiger charge is -2.35. The highest BCUT2D eigenvalue weighted by atomic mass is 32.1. The van der Waals surface area contributed by atoms with Crippen LogP contribution in [0.1, 0.15) is 42.5 Å². The van der Waals surface area contributed by atoms with Crippen molar-refractivity contribution in [1.82, 2.24) is 14.8 Å². The Bertz CT molecular complexity index is 1080. The Morgan fingerprint density at radius 2 is 1.68 bits per heavy atom. The first-order valence-electron chi connectivity index (χ1n) is 11.2. The van der Waals surface area contributed by atoms with Gasteiger partial charge in [0.2, 0.25) is 5.91 Å². The second-order valence-corrected chi connectivity index (χ2v) is 9.45. The van der Waals surface area contributed by atoms with E-state index in [9.17, 15) is 9.59 Å². The van der Waals surface area contributed by atoms with E-state index in [0.29, 0.717) is 24.6 Å². The fourth-order valence-corrected chi connectivity index (χ4v) is 5.46. The van der Waals surface area contributed by atoms with Gasteiger partial charge in [0, 0.05) is 37.5 Å². The third kappa shape index (κ3) is 4.09. The Hall–Kier alpha value is -2.73. The number of nitrogens with zero attached hydrogens (tertiary/aromatic N) is 3. The van der Waals surface area contributed by atoms with Gasteiger partial charge in [-0.25, -0.2) is 4.98 Å².